The van der Waals surface area contributed by atoms with Gasteiger partial charge in [-0.05, 0) is 55.4 Å². The van der Waals surface area contributed by atoms with Crippen molar-refractivity contribution >= 4 is 15.9 Å². The van der Waals surface area contributed by atoms with E-state index < -0.39 is 0 Å². The number of hydrogen-bond acceptors (Lipinski definition) is 2. The van der Waals surface area contributed by atoms with Crippen LogP contribution >= 0.6 is 15.9 Å². The fourth-order valence-electron chi connectivity index (χ4n) is 1.89. The van der Waals surface area contributed by atoms with Crippen molar-refractivity contribution in [1.82, 2.24) is 5.32 Å². The number of ether oxygens (including phenoxy) is 1. The standard InChI is InChI=1S/C16H17BrFNO/c1-3-19-10-12-9-14(18)5-7-16(12)20-15-6-4-13(17)8-11(15)2/h4-9,19H,3,10H2,1-2H3. The van der Waals surface area contributed by atoms with Gasteiger partial charge < -0.3 is 10.1 Å². The number of rotatable bonds is 5. The summed E-state index contributed by atoms with van der Waals surface area (Å²) in [7, 11) is 0. The van der Waals surface area contributed by atoms with Crippen LogP contribution in [0.4, 0.5) is 4.39 Å². The van der Waals surface area contributed by atoms with E-state index in [2.05, 4.69) is 21.2 Å². The van der Waals surface area contributed by atoms with E-state index in [4.69, 9.17) is 4.74 Å². The Kier molecular flexibility index (Phi) is 5.15. The minimum atomic E-state index is -0.252. The third-order valence-electron chi connectivity index (χ3n) is 2.94. The summed E-state index contributed by atoms with van der Waals surface area (Å²) in [5.74, 6) is 1.20. The first-order valence-corrected chi connectivity index (χ1v) is 7.32. The molecule has 0 radical (unpaired) electrons. The molecule has 0 fully saturated rings. The van der Waals surface area contributed by atoms with Crippen LogP contribution in [0.1, 0.15) is 18.1 Å². The molecule has 0 unspecified atom stereocenters. The normalized spacial score (nSPS) is 10.6. The molecular formula is C16H17BrFNO. The van der Waals surface area contributed by atoms with Gasteiger partial charge in [0.25, 0.3) is 0 Å². The first-order valence-electron chi connectivity index (χ1n) is 6.53. The summed E-state index contributed by atoms with van der Waals surface area (Å²) in [6.45, 7) is 5.40. The molecule has 0 bridgehead atoms. The van der Waals surface area contributed by atoms with E-state index in [9.17, 15) is 4.39 Å². The number of hydrogen-bond donors (Lipinski definition) is 1. The maximum absolute atomic E-state index is 13.4. The summed E-state index contributed by atoms with van der Waals surface area (Å²) < 4.78 is 20.3. The summed E-state index contributed by atoms with van der Waals surface area (Å²) >= 11 is 3.42. The van der Waals surface area contributed by atoms with Crippen molar-refractivity contribution in [3.05, 3.63) is 57.8 Å². The molecule has 0 aliphatic rings. The van der Waals surface area contributed by atoms with Gasteiger partial charge in [0.1, 0.15) is 17.3 Å². The van der Waals surface area contributed by atoms with Crippen LogP contribution in [0, 0.1) is 12.7 Å². The second kappa shape index (κ2) is 6.86. The quantitative estimate of drug-likeness (QED) is 0.846. The van der Waals surface area contributed by atoms with Gasteiger partial charge in [-0.1, -0.05) is 22.9 Å². The van der Waals surface area contributed by atoms with Crippen LogP contribution in [0.2, 0.25) is 0 Å². The average molecular weight is 338 g/mol. The van der Waals surface area contributed by atoms with Gasteiger partial charge >= 0.3 is 0 Å². The number of nitrogens with one attached hydrogen (secondary N) is 1. The summed E-state index contributed by atoms with van der Waals surface area (Å²) in [6.07, 6.45) is 0. The summed E-state index contributed by atoms with van der Waals surface area (Å²) in [5, 5.41) is 3.19. The fraction of sp³-hybridized carbons (Fsp3) is 0.250. The molecule has 0 spiro atoms. The SMILES string of the molecule is CCNCc1cc(F)ccc1Oc1ccc(Br)cc1C. The van der Waals surface area contributed by atoms with E-state index in [1.54, 1.807) is 6.07 Å². The molecular weight excluding hydrogens is 321 g/mol. The first kappa shape index (κ1) is 15.0. The monoisotopic (exact) mass is 337 g/mol. The Morgan fingerprint density at radius 2 is 1.90 bits per heavy atom. The lowest BCUT2D eigenvalue weighted by Crippen LogP contribution is -2.12. The van der Waals surface area contributed by atoms with Gasteiger partial charge in [-0.15, -0.1) is 0 Å². The molecule has 0 saturated carbocycles. The summed E-state index contributed by atoms with van der Waals surface area (Å²) in [6, 6.07) is 10.4. The van der Waals surface area contributed by atoms with Gasteiger partial charge in [0, 0.05) is 16.6 Å². The Balaban J connectivity index is 2.27. The molecule has 4 heteroatoms. The largest absolute Gasteiger partial charge is 0.457 e. The van der Waals surface area contributed by atoms with Crippen LogP contribution in [0.5, 0.6) is 11.5 Å². The predicted octanol–water partition coefficient (Wildman–Crippen LogP) is 4.80. The van der Waals surface area contributed by atoms with Crippen LogP contribution in [0.25, 0.3) is 0 Å². The zero-order valence-electron chi connectivity index (χ0n) is 11.5. The Morgan fingerprint density at radius 3 is 2.60 bits per heavy atom. The van der Waals surface area contributed by atoms with Crippen LogP contribution in [-0.4, -0.2) is 6.54 Å². The van der Waals surface area contributed by atoms with Crippen molar-refractivity contribution in [2.24, 2.45) is 0 Å². The zero-order chi connectivity index (χ0) is 14.5. The van der Waals surface area contributed by atoms with Crippen molar-refractivity contribution in [3.8, 4) is 11.5 Å². The van der Waals surface area contributed by atoms with Gasteiger partial charge in [0.15, 0.2) is 0 Å². The van der Waals surface area contributed by atoms with E-state index in [1.807, 2.05) is 32.0 Å². The van der Waals surface area contributed by atoms with Crippen LogP contribution in [-0.2, 0) is 6.54 Å². The van der Waals surface area contributed by atoms with Crippen LogP contribution in [0.15, 0.2) is 40.9 Å². The van der Waals surface area contributed by atoms with E-state index >= 15 is 0 Å². The zero-order valence-corrected chi connectivity index (χ0v) is 13.1. The lowest BCUT2D eigenvalue weighted by molar-refractivity contribution is 0.467. The maximum Gasteiger partial charge on any atom is 0.132 e. The number of aryl methyl sites for hydroxylation is 1. The van der Waals surface area contributed by atoms with Gasteiger partial charge in [0.2, 0.25) is 0 Å². The van der Waals surface area contributed by atoms with Gasteiger partial charge in [-0.25, -0.2) is 4.39 Å². The molecule has 2 rings (SSSR count). The molecule has 2 aromatic carbocycles. The molecule has 20 heavy (non-hydrogen) atoms. The molecule has 0 amide bonds. The van der Waals surface area contributed by atoms with Gasteiger partial charge in [-0.3, -0.25) is 0 Å². The number of halogens is 2. The molecule has 0 aromatic heterocycles. The van der Waals surface area contributed by atoms with Crippen molar-refractivity contribution in [2.75, 3.05) is 6.54 Å². The molecule has 0 saturated heterocycles. The molecule has 2 nitrogen and oxygen atoms in total. The predicted molar refractivity (Wildman–Crippen MR) is 82.7 cm³/mol. The lowest BCUT2D eigenvalue weighted by Gasteiger charge is -2.13. The topological polar surface area (TPSA) is 21.3 Å². The van der Waals surface area contributed by atoms with Crippen molar-refractivity contribution in [1.29, 1.82) is 0 Å². The molecule has 2 aromatic rings. The van der Waals surface area contributed by atoms with E-state index in [1.165, 1.54) is 12.1 Å². The molecule has 0 aliphatic heterocycles. The Bertz CT molecular complexity index is 601. The highest BCUT2D eigenvalue weighted by Crippen LogP contribution is 2.30. The molecule has 0 heterocycles. The molecule has 0 aliphatic carbocycles. The molecule has 0 atom stereocenters. The van der Waals surface area contributed by atoms with E-state index in [0.29, 0.717) is 12.3 Å². The smallest absolute Gasteiger partial charge is 0.132 e. The summed E-state index contributed by atoms with van der Waals surface area (Å²) in [5.41, 5.74) is 1.84. The Labute approximate surface area is 127 Å². The number of benzene rings is 2. The third-order valence-corrected chi connectivity index (χ3v) is 3.44. The van der Waals surface area contributed by atoms with Crippen molar-refractivity contribution < 1.29 is 9.13 Å². The van der Waals surface area contributed by atoms with Crippen molar-refractivity contribution in [3.63, 3.8) is 0 Å². The van der Waals surface area contributed by atoms with Gasteiger partial charge in [-0.2, -0.15) is 0 Å². The van der Waals surface area contributed by atoms with Gasteiger partial charge in [0.05, 0.1) is 0 Å². The molecule has 106 valence electrons. The highest BCUT2D eigenvalue weighted by atomic mass is 79.9. The highest BCUT2D eigenvalue weighted by Gasteiger charge is 2.08. The second-order valence-corrected chi connectivity index (χ2v) is 5.46. The highest BCUT2D eigenvalue weighted by molar-refractivity contribution is 9.10. The maximum atomic E-state index is 13.4. The minimum Gasteiger partial charge on any atom is -0.457 e. The fourth-order valence-corrected chi connectivity index (χ4v) is 2.37. The molecule has 1 N–H and O–H groups in total. The second-order valence-electron chi connectivity index (χ2n) is 4.54. The lowest BCUT2D eigenvalue weighted by atomic mass is 10.2. The minimum absolute atomic E-state index is 0.252. The first-order chi connectivity index (χ1) is 9.60. The van der Waals surface area contributed by atoms with Crippen molar-refractivity contribution in [2.45, 2.75) is 20.4 Å². The average Bonchev–Trinajstić information content (AvgIpc) is 2.41. The van der Waals surface area contributed by atoms with E-state index in [0.717, 1.165) is 27.9 Å². The Morgan fingerprint density at radius 1 is 1.15 bits per heavy atom. The third kappa shape index (κ3) is 3.81. The van der Waals surface area contributed by atoms with E-state index in [-0.39, 0.29) is 5.82 Å². The van der Waals surface area contributed by atoms with Crippen LogP contribution < -0.4 is 10.1 Å². The summed E-state index contributed by atoms with van der Waals surface area (Å²) in [4.78, 5) is 0. The Hall–Kier alpha value is -1.39. The van der Waals surface area contributed by atoms with Crippen LogP contribution in [0.3, 0.4) is 0 Å².